The number of anilines is 1. The Kier molecular flexibility index (Phi) is 8.35. The van der Waals surface area contributed by atoms with E-state index >= 15 is 0 Å². The summed E-state index contributed by atoms with van der Waals surface area (Å²) in [6.45, 7) is 7.21. The number of esters is 1. The monoisotopic (exact) mass is 402 g/mol. The van der Waals surface area contributed by atoms with Gasteiger partial charge < -0.3 is 20.1 Å². The number of aromatic carboxylic acids is 1. The summed E-state index contributed by atoms with van der Waals surface area (Å²) >= 11 is 0. The Morgan fingerprint density at radius 2 is 1.83 bits per heavy atom. The van der Waals surface area contributed by atoms with Crippen molar-refractivity contribution in [2.45, 2.75) is 26.8 Å². The van der Waals surface area contributed by atoms with E-state index in [1.807, 2.05) is 0 Å². The highest BCUT2D eigenvalue weighted by Crippen LogP contribution is 2.11. The van der Waals surface area contributed by atoms with Gasteiger partial charge in [0.1, 0.15) is 6.61 Å². The molecule has 9 heteroatoms. The van der Waals surface area contributed by atoms with Crippen LogP contribution in [0.3, 0.4) is 0 Å². The molecule has 2 aromatic rings. The number of aryl methyl sites for hydroxylation is 1. The number of nitrogens with one attached hydrogen (secondary N) is 1. The quantitative estimate of drug-likeness (QED) is 0.553. The fourth-order valence-electron chi connectivity index (χ4n) is 2.62. The number of amides is 1. The van der Waals surface area contributed by atoms with E-state index in [0.717, 1.165) is 13.1 Å². The van der Waals surface area contributed by atoms with E-state index in [1.54, 1.807) is 24.3 Å². The van der Waals surface area contributed by atoms with Gasteiger partial charge in [-0.05, 0) is 37.4 Å². The molecule has 1 aromatic heterocycles. The SMILES string of the molecule is CCN(CC)CCOC(=O)c1ccc(NC(=O)CCn2cc(C(=O)O)cn2)cc1. The maximum Gasteiger partial charge on any atom is 0.338 e. The molecule has 2 N–H and O–H groups in total. The second kappa shape index (κ2) is 11.0. The molecule has 0 saturated carbocycles. The predicted molar refractivity (Wildman–Crippen MR) is 107 cm³/mol. The van der Waals surface area contributed by atoms with E-state index in [4.69, 9.17) is 9.84 Å². The first-order chi connectivity index (χ1) is 13.9. The van der Waals surface area contributed by atoms with Crippen molar-refractivity contribution in [1.82, 2.24) is 14.7 Å². The third-order valence-electron chi connectivity index (χ3n) is 4.39. The van der Waals surface area contributed by atoms with Crippen LogP contribution in [0.5, 0.6) is 0 Å². The first-order valence-electron chi connectivity index (χ1n) is 9.48. The summed E-state index contributed by atoms with van der Waals surface area (Å²) in [6, 6.07) is 6.47. The molecule has 2 rings (SSSR count). The van der Waals surface area contributed by atoms with Gasteiger partial charge in [0.2, 0.25) is 5.91 Å². The third kappa shape index (κ3) is 7.04. The van der Waals surface area contributed by atoms with Crippen LogP contribution in [0.2, 0.25) is 0 Å². The molecule has 0 bridgehead atoms. The number of hydrogen-bond donors (Lipinski definition) is 2. The number of carbonyl (C=O) groups excluding carboxylic acids is 2. The fourth-order valence-corrected chi connectivity index (χ4v) is 2.62. The zero-order chi connectivity index (χ0) is 21.2. The Bertz CT molecular complexity index is 828. The summed E-state index contributed by atoms with van der Waals surface area (Å²) in [4.78, 5) is 37.1. The second-order valence-electron chi connectivity index (χ2n) is 6.34. The molecule has 1 amide bonds. The molecule has 0 saturated heterocycles. The number of ether oxygens (including phenoxy) is 1. The molecule has 1 heterocycles. The van der Waals surface area contributed by atoms with Gasteiger partial charge in [-0.3, -0.25) is 9.48 Å². The van der Waals surface area contributed by atoms with Crippen molar-refractivity contribution < 1.29 is 24.2 Å². The lowest BCUT2D eigenvalue weighted by Crippen LogP contribution is -2.27. The lowest BCUT2D eigenvalue weighted by molar-refractivity contribution is -0.116. The molecule has 0 aliphatic heterocycles. The van der Waals surface area contributed by atoms with Crippen LogP contribution in [-0.4, -0.2) is 63.9 Å². The Balaban J connectivity index is 1.77. The van der Waals surface area contributed by atoms with E-state index < -0.39 is 11.9 Å². The van der Waals surface area contributed by atoms with Crippen molar-refractivity contribution >= 4 is 23.5 Å². The molecular weight excluding hydrogens is 376 g/mol. The van der Waals surface area contributed by atoms with Crippen LogP contribution in [0.15, 0.2) is 36.7 Å². The number of carbonyl (C=O) groups is 3. The number of aromatic nitrogens is 2. The van der Waals surface area contributed by atoms with Gasteiger partial charge in [-0.2, -0.15) is 5.10 Å². The smallest absolute Gasteiger partial charge is 0.338 e. The Morgan fingerprint density at radius 3 is 2.41 bits per heavy atom. The van der Waals surface area contributed by atoms with E-state index in [0.29, 0.717) is 24.4 Å². The van der Waals surface area contributed by atoms with Crippen LogP contribution in [0.4, 0.5) is 5.69 Å². The average Bonchev–Trinajstić information content (AvgIpc) is 3.19. The molecule has 156 valence electrons. The summed E-state index contributed by atoms with van der Waals surface area (Å²) in [7, 11) is 0. The third-order valence-corrected chi connectivity index (χ3v) is 4.39. The number of rotatable bonds is 11. The zero-order valence-electron chi connectivity index (χ0n) is 16.6. The fraction of sp³-hybridized carbons (Fsp3) is 0.400. The molecule has 0 atom stereocenters. The minimum Gasteiger partial charge on any atom is -0.478 e. The lowest BCUT2D eigenvalue weighted by Gasteiger charge is -2.17. The topological polar surface area (TPSA) is 114 Å². The normalized spacial score (nSPS) is 10.7. The highest BCUT2D eigenvalue weighted by atomic mass is 16.5. The summed E-state index contributed by atoms with van der Waals surface area (Å²) in [5, 5.41) is 15.5. The van der Waals surface area contributed by atoms with Gasteiger partial charge in [-0.1, -0.05) is 13.8 Å². The van der Waals surface area contributed by atoms with Crippen molar-refractivity contribution in [2.75, 3.05) is 31.6 Å². The zero-order valence-corrected chi connectivity index (χ0v) is 16.6. The van der Waals surface area contributed by atoms with E-state index in [1.165, 1.54) is 17.1 Å². The van der Waals surface area contributed by atoms with Gasteiger partial charge in [-0.15, -0.1) is 0 Å². The van der Waals surface area contributed by atoms with E-state index in [9.17, 15) is 14.4 Å². The maximum absolute atomic E-state index is 12.1. The second-order valence-corrected chi connectivity index (χ2v) is 6.34. The van der Waals surface area contributed by atoms with Crippen molar-refractivity contribution in [2.24, 2.45) is 0 Å². The van der Waals surface area contributed by atoms with Crippen LogP contribution in [0.25, 0.3) is 0 Å². The van der Waals surface area contributed by atoms with Crippen molar-refractivity contribution in [1.29, 1.82) is 0 Å². The average molecular weight is 402 g/mol. The summed E-state index contributed by atoms with van der Waals surface area (Å²) in [5.74, 6) is -1.71. The summed E-state index contributed by atoms with van der Waals surface area (Å²) < 4.78 is 6.67. The van der Waals surface area contributed by atoms with Gasteiger partial charge in [0, 0.05) is 31.4 Å². The van der Waals surface area contributed by atoms with Crippen LogP contribution < -0.4 is 5.32 Å². The molecule has 9 nitrogen and oxygen atoms in total. The van der Waals surface area contributed by atoms with Crippen molar-refractivity contribution in [3.8, 4) is 0 Å². The summed E-state index contributed by atoms with van der Waals surface area (Å²) in [6.07, 6.45) is 2.74. The van der Waals surface area contributed by atoms with Crippen LogP contribution >= 0.6 is 0 Å². The first kappa shape index (κ1) is 22.1. The minimum absolute atomic E-state index is 0.0741. The first-order valence-corrected chi connectivity index (χ1v) is 9.48. The predicted octanol–water partition coefficient (Wildman–Crippen LogP) is 2.11. The standard InChI is InChI=1S/C20H26N4O5/c1-3-23(4-2)11-12-29-20(28)15-5-7-17(8-6-15)22-18(25)9-10-24-14-16(13-21-24)19(26)27/h5-8,13-14H,3-4,9-12H2,1-2H3,(H,22,25)(H,26,27). The number of nitrogens with zero attached hydrogens (tertiary/aromatic N) is 3. The highest BCUT2D eigenvalue weighted by molar-refractivity contribution is 5.93. The molecule has 1 aromatic carbocycles. The largest absolute Gasteiger partial charge is 0.478 e. The maximum atomic E-state index is 12.1. The van der Waals surface area contributed by atoms with Gasteiger partial charge >= 0.3 is 11.9 Å². The lowest BCUT2D eigenvalue weighted by atomic mass is 10.2. The Hall–Kier alpha value is -3.20. The summed E-state index contributed by atoms with van der Waals surface area (Å²) in [5.41, 5.74) is 1.05. The van der Waals surface area contributed by atoms with Gasteiger partial charge in [0.05, 0.1) is 17.3 Å². The Morgan fingerprint density at radius 1 is 1.14 bits per heavy atom. The number of likely N-dealkylation sites (N-methyl/N-ethyl adjacent to an activating group) is 1. The van der Waals surface area contributed by atoms with Crippen LogP contribution in [-0.2, 0) is 16.1 Å². The van der Waals surface area contributed by atoms with Crippen LogP contribution in [0.1, 0.15) is 41.0 Å². The van der Waals surface area contributed by atoms with Crippen molar-refractivity contribution in [3.63, 3.8) is 0 Å². The van der Waals surface area contributed by atoms with E-state index in [2.05, 4.69) is 29.2 Å². The number of carboxylic acids is 1. The number of hydrogen-bond acceptors (Lipinski definition) is 6. The van der Waals surface area contributed by atoms with E-state index in [-0.39, 0.29) is 24.4 Å². The molecule has 0 aliphatic carbocycles. The van der Waals surface area contributed by atoms with Gasteiger partial charge in [-0.25, -0.2) is 9.59 Å². The van der Waals surface area contributed by atoms with Crippen LogP contribution in [0, 0.1) is 0 Å². The van der Waals surface area contributed by atoms with Crippen molar-refractivity contribution in [3.05, 3.63) is 47.8 Å². The molecule has 0 spiro atoms. The molecule has 0 unspecified atom stereocenters. The minimum atomic E-state index is -1.06. The molecule has 0 radical (unpaired) electrons. The Labute approximate surface area is 169 Å². The van der Waals surface area contributed by atoms with Gasteiger partial charge in [0.25, 0.3) is 0 Å². The highest BCUT2D eigenvalue weighted by Gasteiger charge is 2.10. The molecule has 0 fully saturated rings. The number of benzene rings is 1. The molecule has 29 heavy (non-hydrogen) atoms. The van der Waals surface area contributed by atoms with Gasteiger partial charge in [0.15, 0.2) is 0 Å². The molecular formula is C20H26N4O5. The molecule has 0 aliphatic rings. The number of carboxylic acid groups (broad SMARTS) is 1.